The number of carbonyl (C=O) groups excluding carboxylic acids is 2. The van der Waals surface area contributed by atoms with Gasteiger partial charge in [-0.05, 0) is 18.2 Å². The molecule has 26 heavy (non-hydrogen) atoms. The summed E-state index contributed by atoms with van der Waals surface area (Å²) >= 11 is 0. The first-order chi connectivity index (χ1) is 12.2. The lowest BCUT2D eigenvalue weighted by atomic mass is 10.1. The summed E-state index contributed by atoms with van der Waals surface area (Å²) in [6.07, 6.45) is -0.740. The van der Waals surface area contributed by atoms with Gasteiger partial charge in [-0.2, -0.15) is 13.2 Å². The van der Waals surface area contributed by atoms with E-state index in [0.29, 0.717) is 18.2 Å². The highest BCUT2D eigenvalue weighted by Crippen LogP contribution is 2.30. The minimum Gasteiger partial charge on any atom is -0.355 e. The first kappa shape index (κ1) is 19.4. The Labute approximate surface area is 146 Å². The zero-order valence-corrected chi connectivity index (χ0v) is 13.7. The van der Waals surface area contributed by atoms with Crippen molar-refractivity contribution in [2.45, 2.75) is 31.7 Å². The molecule has 0 saturated carbocycles. The molecule has 0 bridgehead atoms. The Kier molecular flexibility index (Phi) is 5.63. The second-order valence-electron chi connectivity index (χ2n) is 5.43. The van der Waals surface area contributed by atoms with E-state index in [1.165, 1.54) is 12.4 Å². The number of benzene rings is 1. The van der Waals surface area contributed by atoms with Gasteiger partial charge in [-0.3, -0.25) is 14.6 Å². The Morgan fingerprint density at radius 2 is 2.04 bits per heavy atom. The second kappa shape index (κ2) is 7.54. The summed E-state index contributed by atoms with van der Waals surface area (Å²) in [6.45, 7) is 1.08. The van der Waals surface area contributed by atoms with Crippen molar-refractivity contribution in [2.75, 3.05) is 0 Å². The third-order valence-corrected chi connectivity index (χ3v) is 3.57. The molecular weight excluding hydrogens is 356 g/mol. The van der Waals surface area contributed by atoms with E-state index in [2.05, 4.69) is 20.9 Å². The van der Waals surface area contributed by atoms with Gasteiger partial charge in [0.1, 0.15) is 5.82 Å². The van der Waals surface area contributed by atoms with Crippen LogP contribution in [0, 0.1) is 5.82 Å². The molecule has 0 radical (unpaired) electrons. The number of nitrogens with zero attached hydrogens (tertiary/aromatic N) is 1. The highest BCUT2D eigenvalue weighted by Gasteiger charge is 2.38. The molecule has 0 fully saturated rings. The number of aliphatic imine (C=N–C) groups is 1. The van der Waals surface area contributed by atoms with E-state index < -0.39 is 41.6 Å². The Morgan fingerprint density at radius 3 is 2.62 bits per heavy atom. The number of hydrogen-bond acceptors (Lipinski definition) is 4. The topological polar surface area (TPSA) is 82.6 Å². The average Bonchev–Trinajstić information content (AvgIpc) is 2.60. The van der Waals surface area contributed by atoms with E-state index in [4.69, 9.17) is 0 Å². The third-order valence-electron chi connectivity index (χ3n) is 3.57. The van der Waals surface area contributed by atoms with Gasteiger partial charge < -0.3 is 16.0 Å². The predicted molar refractivity (Wildman–Crippen MR) is 85.2 cm³/mol. The van der Waals surface area contributed by atoms with Crippen molar-refractivity contribution in [3.8, 4) is 0 Å². The zero-order valence-electron chi connectivity index (χ0n) is 13.7. The summed E-state index contributed by atoms with van der Waals surface area (Å²) in [5.41, 5.74) is -3.08. The smallest absolute Gasteiger partial charge is 0.355 e. The van der Waals surface area contributed by atoms with Crippen LogP contribution in [0.3, 0.4) is 0 Å². The molecule has 0 aromatic heterocycles. The largest absolute Gasteiger partial charge is 0.416 e. The molecule has 1 unspecified atom stereocenters. The minimum absolute atomic E-state index is 0.0938. The van der Waals surface area contributed by atoms with Crippen LogP contribution in [0.4, 0.5) is 17.6 Å². The lowest BCUT2D eigenvalue weighted by Gasteiger charge is -2.31. The van der Waals surface area contributed by atoms with Crippen molar-refractivity contribution in [3.63, 3.8) is 0 Å². The maximum absolute atomic E-state index is 13.8. The molecule has 1 aromatic carbocycles. The molecule has 1 aliphatic heterocycles. The molecule has 3 N–H and O–H groups in total. The van der Waals surface area contributed by atoms with E-state index in [1.54, 1.807) is 6.92 Å². The summed E-state index contributed by atoms with van der Waals surface area (Å²) in [7, 11) is 0. The lowest BCUT2D eigenvalue weighted by Crippen LogP contribution is -2.67. The van der Waals surface area contributed by atoms with Crippen LogP contribution in [0.2, 0.25) is 0 Å². The predicted octanol–water partition coefficient (Wildman–Crippen LogP) is 1.83. The van der Waals surface area contributed by atoms with Gasteiger partial charge in [0.05, 0.1) is 11.8 Å². The molecular formula is C16H16F4N4O2. The highest BCUT2D eigenvalue weighted by atomic mass is 19.4. The summed E-state index contributed by atoms with van der Waals surface area (Å²) < 4.78 is 52.0. The molecule has 6 nitrogen and oxygen atoms in total. The van der Waals surface area contributed by atoms with Crippen molar-refractivity contribution < 1.29 is 27.2 Å². The van der Waals surface area contributed by atoms with E-state index in [9.17, 15) is 27.2 Å². The first-order valence-corrected chi connectivity index (χ1v) is 7.60. The number of hydrogen-bond donors (Lipinski definition) is 3. The van der Waals surface area contributed by atoms with Crippen molar-refractivity contribution in [1.29, 1.82) is 0 Å². The van der Waals surface area contributed by atoms with Gasteiger partial charge in [-0.1, -0.05) is 6.92 Å². The van der Waals surface area contributed by atoms with Crippen molar-refractivity contribution >= 4 is 18.0 Å². The summed E-state index contributed by atoms with van der Waals surface area (Å²) in [6, 6.07) is 1.92. The van der Waals surface area contributed by atoms with Gasteiger partial charge in [0, 0.05) is 30.9 Å². The third kappa shape index (κ3) is 4.38. The molecule has 1 aliphatic rings. The van der Waals surface area contributed by atoms with E-state index in [-0.39, 0.29) is 12.0 Å². The number of alkyl halides is 3. The molecule has 0 saturated heterocycles. The molecule has 1 aromatic rings. The van der Waals surface area contributed by atoms with Crippen LogP contribution in [0.5, 0.6) is 0 Å². The number of amides is 2. The van der Waals surface area contributed by atoms with E-state index in [0.717, 1.165) is 6.21 Å². The van der Waals surface area contributed by atoms with Gasteiger partial charge in [0.15, 0.2) is 0 Å². The summed E-state index contributed by atoms with van der Waals surface area (Å²) in [5, 5.41) is 7.38. The standard InChI is InChI=1S/C16H16F4N4O2/c1-2-13(25)24-15(9-21-5-6-23-15)14(26)22-8-10-7-11(16(18,19)20)3-4-12(10)17/h3-7,9,23H,2,8H2,1H3,(H,22,26)(H,24,25). The van der Waals surface area contributed by atoms with E-state index >= 15 is 0 Å². The Hall–Kier alpha value is -2.91. The van der Waals surface area contributed by atoms with Crippen LogP contribution in [0.25, 0.3) is 0 Å². The quantitative estimate of drug-likeness (QED) is 0.690. The van der Waals surface area contributed by atoms with Crippen molar-refractivity contribution in [2.24, 2.45) is 4.99 Å². The maximum Gasteiger partial charge on any atom is 0.416 e. The molecule has 2 amide bonds. The fraction of sp³-hybridized carbons (Fsp3) is 0.312. The molecule has 0 spiro atoms. The number of rotatable bonds is 5. The number of carbonyl (C=O) groups is 2. The molecule has 2 rings (SSSR count). The molecule has 1 heterocycles. The van der Waals surface area contributed by atoms with Crippen LogP contribution >= 0.6 is 0 Å². The fourth-order valence-corrected chi connectivity index (χ4v) is 2.16. The average molecular weight is 372 g/mol. The van der Waals surface area contributed by atoms with Crippen LogP contribution in [0.1, 0.15) is 24.5 Å². The van der Waals surface area contributed by atoms with Gasteiger partial charge >= 0.3 is 6.18 Å². The fourth-order valence-electron chi connectivity index (χ4n) is 2.16. The normalized spacial score (nSPS) is 19.0. The highest BCUT2D eigenvalue weighted by molar-refractivity contribution is 6.06. The van der Waals surface area contributed by atoms with Crippen LogP contribution in [-0.2, 0) is 22.3 Å². The minimum atomic E-state index is -4.63. The van der Waals surface area contributed by atoms with Gasteiger partial charge in [0.2, 0.25) is 11.6 Å². The number of halogens is 4. The Bertz CT molecular complexity index is 761. The molecule has 1 atom stereocenters. The number of nitrogens with one attached hydrogen (secondary N) is 3. The monoisotopic (exact) mass is 372 g/mol. The molecule has 140 valence electrons. The molecule has 10 heteroatoms. The SMILES string of the molecule is CCC(=O)NC1(C(=O)NCc2cc(C(F)(F)F)ccc2F)C=NC=CN1. The van der Waals surface area contributed by atoms with Crippen molar-refractivity contribution in [1.82, 2.24) is 16.0 Å². The van der Waals surface area contributed by atoms with E-state index in [1.807, 2.05) is 0 Å². The lowest BCUT2D eigenvalue weighted by molar-refractivity contribution is -0.137. The zero-order chi connectivity index (χ0) is 19.4. The summed E-state index contributed by atoms with van der Waals surface area (Å²) in [4.78, 5) is 27.9. The first-order valence-electron chi connectivity index (χ1n) is 7.60. The maximum atomic E-state index is 13.8. The van der Waals surface area contributed by atoms with Crippen LogP contribution in [-0.4, -0.2) is 23.7 Å². The van der Waals surface area contributed by atoms with Crippen LogP contribution in [0.15, 0.2) is 35.6 Å². The van der Waals surface area contributed by atoms with Gasteiger partial charge in [0.25, 0.3) is 5.91 Å². The second-order valence-corrected chi connectivity index (χ2v) is 5.43. The van der Waals surface area contributed by atoms with Crippen LogP contribution < -0.4 is 16.0 Å². The summed E-state index contributed by atoms with van der Waals surface area (Å²) in [5.74, 6) is -2.15. The molecule has 0 aliphatic carbocycles. The van der Waals surface area contributed by atoms with Gasteiger partial charge in [-0.25, -0.2) is 4.39 Å². The van der Waals surface area contributed by atoms with Gasteiger partial charge in [-0.15, -0.1) is 0 Å². The van der Waals surface area contributed by atoms with Crippen molar-refractivity contribution in [3.05, 3.63) is 47.5 Å². The Balaban J connectivity index is 2.17. The Morgan fingerprint density at radius 1 is 1.31 bits per heavy atom.